The van der Waals surface area contributed by atoms with Crippen LogP contribution in [0.2, 0.25) is 0 Å². The second-order valence-corrected chi connectivity index (χ2v) is 7.53. The quantitative estimate of drug-likeness (QED) is 0.567. The van der Waals surface area contributed by atoms with E-state index in [1.807, 2.05) is 73.7 Å². The van der Waals surface area contributed by atoms with E-state index in [0.29, 0.717) is 6.42 Å². The molecule has 0 aliphatic heterocycles. The summed E-state index contributed by atoms with van der Waals surface area (Å²) < 4.78 is 6.61. The van der Waals surface area contributed by atoms with Crippen LogP contribution in [-0.2, 0) is 11.2 Å². The molecule has 0 spiro atoms. The minimum Gasteiger partial charge on any atom is -0.441 e. The van der Waals surface area contributed by atoms with Crippen molar-refractivity contribution in [1.29, 1.82) is 0 Å². The van der Waals surface area contributed by atoms with Gasteiger partial charge in [-0.05, 0) is 47.9 Å². The van der Waals surface area contributed by atoms with Crippen molar-refractivity contribution in [3.63, 3.8) is 0 Å². The number of fused-ring (bicyclic) bond motifs is 1. The number of carbonyl (C=O) groups is 1. The van der Waals surface area contributed by atoms with Crippen molar-refractivity contribution in [3.8, 4) is 0 Å². The van der Waals surface area contributed by atoms with Crippen molar-refractivity contribution in [2.45, 2.75) is 19.4 Å². The highest BCUT2D eigenvalue weighted by Crippen LogP contribution is 2.36. The van der Waals surface area contributed by atoms with E-state index in [9.17, 15) is 4.79 Å². The van der Waals surface area contributed by atoms with Crippen molar-refractivity contribution >= 4 is 33.3 Å². The first-order valence-corrected chi connectivity index (χ1v) is 9.87. The van der Waals surface area contributed by atoms with E-state index in [0.717, 1.165) is 38.1 Å². The average Bonchev–Trinajstić information content (AvgIpc) is 3.07. The normalized spacial score (nSPS) is 13.8. The zero-order valence-corrected chi connectivity index (χ0v) is 16.9. The summed E-state index contributed by atoms with van der Waals surface area (Å²) >= 11 is 3.47. The molecule has 1 amide bonds. The highest BCUT2D eigenvalue weighted by molar-refractivity contribution is 9.10. The predicted molar refractivity (Wildman–Crippen MR) is 113 cm³/mol. The topological polar surface area (TPSA) is 51.2 Å². The van der Waals surface area contributed by atoms with Crippen molar-refractivity contribution in [1.82, 2.24) is 10.3 Å². The van der Waals surface area contributed by atoms with Gasteiger partial charge in [0, 0.05) is 22.7 Å². The van der Waals surface area contributed by atoms with E-state index in [1.54, 1.807) is 6.20 Å². The summed E-state index contributed by atoms with van der Waals surface area (Å²) in [5.74, 6) is 0. The summed E-state index contributed by atoms with van der Waals surface area (Å²) in [5, 5.41) is 2.97. The highest BCUT2D eigenvalue weighted by Gasteiger charge is 2.26. The maximum absolute atomic E-state index is 12.6. The minimum absolute atomic E-state index is 0.340. The van der Waals surface area contributed by atoms with E-state index >= 15 is 0 Å². The van der Waals surface area contributed by atoms with Gasteiger partial charge in [0.05, 0.1) is 11.4 Å². The van der Waals surface area contributed by atoms with Gasteiger partial charge in [0.1, 0.15) is 6.10 Å². The number of nitrogens with zero attached hydrogens (tertiary/aromatic N) is 1. The van der Waals surface area contributed by atoms with Gasteiger partial charge in [-0.15, -0.1) is 0 Å². The molecule has 1 heterocycles. The van der Waals surface area contributed by atoms with Crippen LogP contribution in [0.3, 0.4) is 0 Å². The van der Waals surface area contributed by atoms with Crippen molar-refractivity contribution < 1.29 is 9.53 Å². The molecule has 1 aliphatic carbocycles. The zero-order chi connectivity index (χ0) is 19.5. The lowest BCUT2D eigenvalue weighted by Crippen LogP contribution is -2.24. The molecular formula is C23H19BrN2O2. The third kappa shape index (κ3) is 3.85. The number of pyridine rings is 1. The second kappa shape index (κ2) is 7.98. The Morgan fingerprint density at radius 2 is 1.82 bits per heavy atom. The third-order valence-corrected chi connectivity index (χ3v) is 5.31. The fraction of sp³-hybridized carbons (Fsp3) is 0.130. The number of ether oxygens (including phenoxy) is 1. The van der Waals surface area contributed by atoms with Crippen LogP contribution in [0.1, 0.15) is 35.4 Å². The van der Waals surface area contributed by atoms with E-state index in [2.05, 4.69) is 26.2 Å². The van der Waals surface area contributed by atoms with Gasteiger partial charge in [-0.2, -0.15) is 0 Å². The summed E-state index contributed by atoms with van der Waals surface area (Å²) in [6.07, 6.45) is 1.63. The Morgan fingerprint density at radius 1 is 1.07 bits per heavy atom. The first-order valence-electron chi connectivity index (χ1n) is 9.08. The standard InChI is InChI=1S/C23H19BrN2O2/c1-15(16-6-3-2-4-7-16)28-23(27)26-22-19-8-5-13-25-21(19)14-20(22)17-9-11-18(24)12-10-17/h2-13,15H,14H2,1H3,(H,26,27)/t15-/m1/s1. The van der Waals surface area contributed by atoms with Gasteiger partial charge in [0.15, 0.2) is 0 Å². The predicted octanol–water partition coefficient (Wildman–Crippen LogP) is 5.76. The SMILES string of the molecule is C[C@@H](OC(=O)NC1=C(c2ccc(Br)cc2)Cc2ncccc21)c1ccccc1. The van der Waals surface area contributed by atoms with Gasteiger partial charge in [0.2, 0.25) is 0 Å². The Bertz CT molecular complexity index is 1030. The summed E-state index contributed by atoms with van der Waals surface area (Å²) in [4.78, 5) is 17.1. The number of halogens is 1. The fourth-order valence-corrected chi connectivity index (χ4v) is 3.61. The zero-order valence-electron chi connectivity index (χ0n) is 15.4. The van der Waals surface area contributed by atoms with Gasteiger partial charge in [0.25, 0.3) is 0 Å². The Morgan fingerprint density at radius 3 is 2.57 bits per heavy atom. The van der Waals surface area contributed by atoms with Crippen LogP contribution in [-0.4, -0.2) is 11.1 Å². The van der Waals surface area contributed by atoms with Crippen LogP contribution < -0.4 is 5.32 Å². The minimum atomic E-state index is -0.474. The molecule has 5 heteroatoms. The molecule has 0 radical (unpaired) electrons. The van der Waals surface area contributed by atoms with Crippen LogP contribution in [0.4, 0.5) is 4.79 Å². The van der Waals surface area contributed by atoms with Crippen molar-refractivity contribution in [3.05, 3.63) is 99.8 Å². The van der Waals surface area contributed by atoms with Crippen LogP contribution in [0, 0.1) is 0 Å². The fourth-order valence-electron chi connectivity index (χ4n) is 3.35. The molecule has 2 aromatic carbocycles. The maximum atomic E-state index is 12.6. The molecule has 0 unspecified atom stereocenters. The first-order chi connectivity index (χ1) is 13.6. The molecule has 4 rings (SSSR count). The molecule has 1 aromatic heterocycles. The van der Waals surface area contributed by atoms with E-state index in [4.69, 9.17) is 4.74 Å². The molecule has 1 aliphatic rings. The molecule has 0 saturated heterocycles. The molecule has 28 heavy (non-hydrogen) atoms. The van der Waals surface area contributed by atoms with E-state index in [1.165, 1.54) is 0 Å². The number of benzene rings is 2. The monoisotopic (exact) mass is 434 g/mol. The molecular weight excluding hydrogens is 416 g/mol. The summed E-state index contributed by atoms with van der Waals surface area (Å²) in [6.45, 7) is 1.86. The Balaban J connectivity index is 1.61. The number of aromatic nitrogens is 1. The van der Waals surface area contributed by atoms with E-state index < -0.39 is 6.09 Å². The largest absolute Gasteiger partial charge is 0.441 e. The molecule has 0 saturated carbocycles. The van der Waals surface area contributed by atoms with Gasteiger partial charge in [-0.3, -0.25) is 10.3 Å². The number of carbonyl (C=O) groups excluding carboxylic acids is 1. The Hall–Kier alpha value is -2.92. The van der Waals surface area contributed by atoms with Crippen molar-refractivity contribution in [2.24, 2.45) is 0 Å². The number of amides is 1. The molecule has 1 atom stereocenters. The molecule has 0 fully saturated rings. The highest BCUT2D eigenvalue weighted by atomic mass is 79.9. The number of hydrogen-bond acceptors (Lipinski definition) is 3. The first kappa shape index (κ1) is 18.4. The summed E-state index contributed by atoms with van der Waals surface area (Å²) in [5.41, 5.74) is 5.68. The molecule has 3 aromatic rings. The third-order valence-electron chi connectivity index (χ3n) is 4.78. The number of rotatable bonds is 4. The number of alkyl carbamates (subject to hydrolysis) is 1. The molecule has 0 bridgehead atoms. The Labute approximate surface area is 172 Å². The van der Waals surface area contributed by atoms with Crippen LogP contribution >= 0.6 is 15.9 Å². The van der Waals surface area contributed by atoms with Crippen LogP contribution in [0.15, 0.2) is 77.4 Å². The van der Waals surface area contributed by atoms with E-state index in [-0.39, 0.29) is 6.10 Å². The summed E-state index contributed by atoms with van der Waals surface area (Å²) in [6, 6.07) is 21.6. The number of allylic oxidation sites excluding steroid dienone is 1. The maximum Gasteiger partial charge on any atom is 0.412 e. The van der Waals surface area contributed by atoms with Gasteiger partial charge >= 0.3 is 6.09 Å². The number of hydrogen-bond donors (Lipinski definition) is 1. The molecule has 4 nitrogen and oxygen atoms in total. The average molecular weight is 435 g/mol. The van der Waals surface area contributed by atoms with Crippen LogP contribution in [0.5, 0.6) is 0 Å². The lowest BCUT2D eigenvalue weighted by atomic mass is 10.0. The Kier molecular flexibility index (Phi) is 5.26. The van der Waals surface area contributed by atoms with Gasteiger partial charge < -0.3 is 4.74 Å². The molecule has 1 N–H and O–H groups in total. The van der Waals surface area contributed by atoms with Crippen LogP contribution in [0.25, 0.3) is 11.3 Å². The van der Waals surface area contributed by atoms with Crippen molar-refractivity contribution in [2.75, 3.05) is 0 Å². The van der Waals surface area contributed by atoms with Gasteiger partial charge in [-0.25, -0.2) is 4.79 Å². The smallest absolute Gasteiger partial charge is 0.412 e. The second-order valence-electron chi connectivity index (χ2n) is 6.62. The molecule has 140 valence electrons. The lowest BCUT2D eigenvalue weighted by molar-refractivity contribution is 0.111. The summed E-state index contributed by atoms with van der Waals surface area (Å²) in [7, 11) is 0. The van der Waals surface area contributed by atoms with Gasteiger partial charge in [-0.1, -0.05) is 58.4 Å². The lowest BCUT2D eigenvalue weighted by Gasteiger charge is -2.16. The number of nitrogens with one attached hydrogen (secondary N) is 1.